The van der Waals surface area contributed by atoms with Gasteiger partial charge in [-0.05, 0) is 36.6 Å². The zero-order chi connectivity index (χ0) is 21.6. The Morgan fingerprint density at radius 3 is 2.80 bits per heavy atom. The molecular weight excluding hydrogens is 471 g/mol. The van der Waals surface area contributed by atoms with Crippen molar-refractivity contribution < 1.29 is 27.8 Å². The molecule has 0 radical (unpaired) electrons. The van der Waals surface area contributed by atoms with Gasteiger partial charge in [0.15, 0.2) is 11.4 Å². The Morgan fingerprint density at radius 2 is 2.10 bits per heavy atom. The number of carboxylic acids is 1. The van der Waals surface area contributed by atoms with E-state index in [0.717, 1.165) is 5.56 Å². The van der Waals surface area contributed by atoms with Crippen LogP contribution < -0.4 is 10.1 Å². The van der Waals surface area contributed by atoms with Gasteiger partial charge in [-0.1, -0.05) is 15.9 Å². The molecule has 156 valence electrons. The second-order valence-corrected chi connectivity index (χ2v) is 7.40. The number of nitrogens with zero attached hydrogens (tertiary/aromatic N) is 4. The first kappa shape index (κ1) is 20.1. The van der Waals surface area contributed by atoms with E-state index >= 15 is 0 Å². The Hall–Kier alpha value is -3.15. The van der Waals surface area contributed by atoms with Crippen molar-refractivity contribution >= 4 is 33.5 Å². The van der Waals surface area contributed by atoms with Crippen molar-refractivity contribution in [2.45, 2.75) is 19.2 Å². The number of halogens is 4. The predicted octanol–water partition coefficient (Wildman–Crippen LogP) is 4.08. The second-order valence-electron chi connectivity index (χ2n) is 6.49. The van der Waals surface area contributed by atoms with Gasteiger partial charge in [-0.2, -0.15) is 5.10 Å². The van der Waals surface area contributed by atoms with Gasteiger partial charge >= 0.3 is 12.3 Å². The number of hydrogen-bond donors (Lipinski definition) is 2. The lowest BCUT2D eigenvalue weighted by Gasteiger charge is -2.18. The first-order chi connectivity index (χ1) is 14.1. The summed E-state index contributed by atoms with van der Waals surface area (Å²) in [6.45, 7) is 0. The number of ether oxygens (including phenoxy) is 1. The van der Waals surface area contributed by atoms with Gasteiger partial charge in [-0.3, -0.25) is 4.68 Å². The highest BCUT2D eigenvalue weighted by molar-refractivity contribution is 9.10. The second kappa shape index (κ2) is 7.27. The molecule has 0 fully saturated rings. The molecule has 0 amide bonds. The number of anilines is 2. The van der Waals surface area contributed by atoms with Gasteiger partial charge < -0.3 is 15.2 Å². The quantitative estimate of drug-likeness (QED) is 0.576. The topological polar surface area (TPSA) is 102 Å². The van der Waals surface area contributed by atoms with Gasteiger partial charge in [0.05, 0.1) is 17.1 Å². The number of aryl methyl sites for hydroxylation is 2. The molecule has 1 aromatic carbocycles. The number of rotatable bonds is 4. The van der Waals surface area contributed by atoms with Gasteiger partial charge in [0, 0.05) is 23.3 Å². The minimum atomic E-state index is -4.87. The number of aromatic nitrogens is 4. The standard InChI is InChI=1S/C18H13BrF3N5O3/c1-27-15-10(14(26-27)16(28)29)4-2-8-7-23-17(25-13(8)15)24-11-5-3-9(19)6-12(11)30-18(20,21)22/h3,5-7H,2,4H2,1H3,(H,28,29)(H,23,24,25). The molecule has 0 unspecified atom stereocenters. The van der Waals surface area contributed by atoms with Crippen LogP contribution in [-0.2, 0) is 19.9 Å². The molecule has 2 aromatic heterocycles. The minimum absolute atomic E-state index is 0.0164. The summed E-state index contributed by atoms with van der Waals surface area (Å²) in [7, 11) is 1.61. The van der Waals surface area contributed by atoms with E-state index in [0.29, 0.717) is 34.3 Å². The average molecular weight is 484 g/mol. The van der Waals surface area contributed by atoms with Crippen molar-refractivity contribution in [2.24, 2.45) is 7.05 Å². The van der Waals surface area contributed by atoms with E-state index in [2.05, 4.69) is 41.1 Å². The summed E-state index contributed by atoms with van der Waals surface area (Å²) < 4.78 is 44.1. The average Bonchev–Trinajstić information content (AvgIpc) is 3.00. The Morgan fingerprint density at radius 1 is 1.33 bits per heavy atom. The van der Waals surface area contributed by atoms with Crippen LogP contribution in [0.5, 0.6) is 5.75 Å². The van der Waals surface area contributed by atoms with Crippen LogP contribution in [0, 0.1) is 0 Å². The number of alkyl halides is 3. The van der Waals surface area contributed by atoms with Crippen molar-refractivity contribution in [2.75, 3.05) is 5.32 Å². The van der Waals surface area contributed by atoms with Crippen molar-refractivity contribution in [1.82, 2.24) is 19.7 Å². The van der Waals surface area contributed by atoms with Gasteiger partial charge in [-0.25, -0.2) is 14.8 Å². The Balaban J connectivity index is 1.73. The van der Waals surface area contributed by atoms with Crippen LogP contribution in [0.1, 0.15) is 21.6 Å². The highest BCUT2D eigenvalue weighted by Crippen LogP contribution is 2.36. The molecule has 2 heterocycles. The SMILES string of the molecule is Cn1nc(C(=O)O)c2c1-c1nc(Nc3ccc(Br)cc3OC(F)(F)F)ncc1CC2. The van der Waals surface area contributed by atoms with Gasteiger partial charge in [0.25, 0.3) is 0 Å². The van der Waals surface area contributed by atoms with E-state index in [-0.39, 0.29) is 17.3 Å². The summed E-state index contributed by atoms with van der Waals surface area (Å²) >= 11 is 3.11. The van der Waals surface area contributed by atoms with Crippen molar-refractivity contribution in [3.63, 3.8) is 0 Å². The Bertz CT molecular complexity index is 1160. The highest BCUT2D eigenvalue weighted by atomic mass is 79.9. The first-order valence-electron chi connectivity index (χ1n) is 8.60. The zero-order valence-electron chi connectivity index (χ0n) is 15.3. The fraction of sp³-hybridized carbons (Fsp3) is 0.222. The monoisotopic (exact) mass is 483 g/mol. The largest absolute Gasteiger partial charge is 0.573 e. The molecule has 0 atom stereocenters. The summed E-state index contributed by atoms with van der Waals surface area (Å²) in [5.74, 6) is -1.55. The molecule has 0 spiro atoms. The van der Waals surface area contributed by atoms with Gasteiger partial charge in [0.2, 0.25) is 5.95 Å². The summed E-state index contributed by atoms with van der Waals surface area (Å²) in [6, 6.07) is 4.11. The van der Waals surface area contributed by atoms with Crippen LogP contribution in [0.25, 0.3) is 11.4 Å². The molecule has 1 aliphatic rings. The molecule has 0 saturated carbocycles. The van der Waals surface area contributed by atoms with Crippen LogP contribution in [0.4, 0.5) is 24.8 Å². The number of fused-ring (bicyclic) bond motifs is 3. The summed E-state index contributed by atoms with van der Waals surface area (Å²) in [5, 5.41) is 16.2. The normalized spacial score (nSPS) is 12.8. The van der Waals surface area contributed by atoms with Gasteiger partial charge in [-0.15, -0.1) is 13.2 Å². The Labute approximate surface area is 175 Å². The molecule has 0 aliphatic heterocycles. The summed E-state index contributed by atoms with van der Waals surface area (Å²) in [5.41, 5.74) is 2.35. The summed E-state index contributed by atoms with van der Waals surface area (Å²) in [6.07, 6.45) is -2.31. The maximum Gasteiger partial charge on any atom is 0.573 e. The lowest BCUT2D eigenvalue weighted by molar-refractivity contribution is -0.274. The fourth-order valence-electron chi connectivity index (χ4n) is 3.32. The molecule has 0 bridgehead atoms. The van der Waals surface area contributed by atoms with E-state index in [1.807, 2.05) is 0 Å². The molecule has 30 heavy (non-hydrogen) atoms. The molecule has 8 nitrogen and oxygen atoms in total. The number of aromatic carboxylic acids is 1. The van der Waals surface area contributed by atoms with E-state index < -0.39 is 18.1 Å². The van der Waals surface area contributed by atoms with E-state index in [1.54, 1.807) is 19.3 Å². The van der Waals surface area contributed by atoms with Crippen LogP contribution in [0.3, 0.4) is 0 Å². The number of carbonyl (C=O) groups is 1. The number of carboxylic acid groups (broad SMARTS) is 1. The van der Waals surface area contributed by atoms with E-state index in [4.69, 9.17) is 0 Å². The number of nitrogens with one attached hydrogen (secondary N) is 1. The van der Waals surface area contributed by atoms with Crippen LogP contribution in [0.2, 0.25) is 0 Å². The molecule has 1 aliphatic carbocycles. The van der Waals surface area contributed by atoms with Gasteiger partial charge in [0.1, 0.15) is 0 Å². The Kier molecular flexibility index (Phi) is 4.88. The molecule has 0 saturated heterocycles. The van der Waals surface area contributed by atoms with E-state index in [9.17, 15) is 23.1 Å². The zero-order valence-corrected chi connectivity index (χ0v) is 16.9. The molecule has 2 N–H and O–H groups in total. The fourth-order valence-corrected chi connectivity index (χ4v) is 3.66. The third kappa shape index (κ3) is 3.82. The maximum atomic E-state index is 12.7. The van der Waals surface area contributed by atoms with Crippen molar-refractivity contribution in [3.05, 3.63) is 45.7 Å². The first-order valence-corrected chi connectivity index (χ1v) is 9.39. The smallest absolute Gasteiger partial charge is 0.476 e. The third-order valence-corrected chi connectivity index (χ3v) is 4.99. The van der Waals surface area contributed by atoms with Crippen molar-refractivity contribution in [3.8, 4) is 17.1 Å². The lowest BCUT2D eigenvalue weighted by atomic mass is 9.93. The number of benzene rings is 1. The third-order valence-electron chi connectivity index (χ3n) is 4.50. The maximum absolute atomic E-state index is 12.7. The minimum Gasteiger partial charge on any atom is -0.476 e. The molecule has 12 heteroatoms. The molecular formula is C18H13BrF3N5O3. The van der Waals surface area contributed by atoms with Crippen LogP contribution >= 0.6 is 15.9 Å². The molecule has 3 aromatic rings. The highest BCUT2D eigenvalue weighted by Gasteiger charge is 2.33. The lowest BCUT2D eigenvalue weighted by Crippen LogP contribution is -2.18. The summed E-state index contributed by atoms with van der Waals surface area (Å²) in [4.78, 5) is 20.0. The molecule has 4 rings (SSSR count). The number of hydrogen-bond acceptors (Lipinski definition) is 6. The van der Waals surface area contributed by atoms with Crippen molar-refractivity contribution in [1.29, 1.82) is 0 Å². The van der Waals surface area contributed by atoms with Crippen LogP contribution in [0.15, 0.2) is 28.9 Å². The van der Waals surface area contributed by atoms with E-state index in [1.165, 1.54) is 16.8 Å². The van der Waals surface area contributed by atoms with Crippen LogP contribution in [-0.4, -0.2) is 37.2 Å². The predicted molar refractivity (Wildman–Crippen MR) is 103 cm³/mol.